The highest BCUT2D eigenvalue weighted by molar-refractivity contribution is 9.09. The van der Waals surface area contributed by atoms with E-state index in [1.807, 2.05) is 0 Å². The number of hydrogen-bond donors (Lipinski definition) is 0. The molecule has 0 bridgehead atoms. The van der Waals surface area contributed by atoms with E-state index in [-0.39, 0.29) is 12.1 Å². The van der Waals surface area contributed by atoms with Crippen molar-refractivity contribution in [3.05, 3.63) is 12.2 Å². The number of hydrogen-bond acceptors (Lipinski definition) is 3. The third kappa shape index (κ3) is 13.1. The molecule has 0 aliphatic heterocycles. The van der Waals surface area contributed by atoms with Crippen molar-refractivity contribution >= 4 is 21.9 Å². The second-order valence-corrected chi connectivity index (χ2v) is 5.88. The van der Waals surface area contributed by atoms with Crippen molar-refractivity contribution in [2.45, 2.75) is 71.3 Å². The van der Waals surface area contributed by atoms with Crippen LogP contribution in [0.15, 0.2) is 12.2 Å². The van der Waals surface area contributed by atoms with Gasteiger partial charge in [0.1, 0.15) is 0 Å². The maximum Gasteiger partial charge on any atom is 0.335 e. The zero-order valence-electron chi connectivity index (χ0n) is 13.6. The number of ether oxygens (including phenoxy) is 2. The summed E-state index contributed by atoms with van der Waals surface area (Å²) in [6.07, 6.45) is 11.9. The molecule has 0 aromatic carbocycles. The molecule has 4 heteroatoms. The lowest BCUT2D eigenvalue weighted by atomic mass is 10.2. The van der Waals surface area contributed by atoms with Crippen molar-refractivity contribution in [1.82, 2.24) is 0 Å². The molecule has 0 aromatic heterocycles. The first-order valence-electron chi connectivity index (χ1n) is 8.25. The molecule has 0 fully saturated rings. The average molecular weight is 363 g/mol. The minimum atomic E-state index is -0.384. The Hall–Kier alpha value is -0.350. The first-order chi connectivity index (χ1) is 10.3. The van der Waals surface area contributed by atoms with Crippen molar-refractivity contribution < 1.29 is 14.3 Å². The summed E-state index contributed by atoms with van der Waals surface area (Å²) in [6, 6.07) is 0. The normalized spacial score (nSPS) is 12.7. The first kappa shape index (κ1) is 20.6. The van der Waals surface area contributed by atoms with Gasteiger partial charge in [0.15, 0.2) is 6.10 Å². The van der Waals surface area contributed by atoms with Gasteiger partial charge in [0.05, 0.1) is 6.61 Å². The van der Waals surface area contributed by atoms with Crippen molar-refractivity contribution in [1.29, 1.82) is 0 Å². The van der Waals surface area contributed by atoms with E-state index in [0.29, 0.717) is 13.2 Å². The van der Waals surface area contributed by atoms with Gasteiger partial charge in [-0.2, -0.15) is 0 Å². The fourth-order valence-electron chi connectivity index (χ4n) is 1.87. The average Bonchev–Trinajstić information content (AvgIpc) is 2.49. The van der Waals surface area contributed by atoms with Crippen molar-refractivity contribution in [3.63, 3.8) is 0 Å². The standard InChI is InChI=1S/C17H31BrO3/c1-3-5-6-7-8-10-14-20-16(12-4-2)17(19)21-15-11-9-13-18/h5-6,16H,3-4,7-15H2,1-2H3/b6-5-. The van der Waals surface area contributed by atoms with E-state index in [2.05, 4.69) is 41.9 Å². The Morgan fingerprint density at radius 3 is 2.52 bits per heavy atom. The molecule has 0 aliphatic carbocycles. The van der Waals surface area contributed by atoms with Gasteiger partial charge in [-0.25, -0.2) is 4.79 Å². The summed E-state index contributed by atoms with van der Waals surface area (Å²) in [6.45, 7) is 5.33. The highest BCUT2D eigenvalue weighted by Gasteiger charge is 2.19. The fourth-order valence-corrected chi connectivity index (χ4v) is 2.26. The van der Waals surface area contributed by atoms with Gasteiger partial charge in [0.2, 0.25) is 0 Å². The Labute approximate surface area is 138 Å². The lowest BCUT2D eigenvalue weighted by Crippen LogP contribution is -2.27. The van der Waals surface area contributed by atoms with Crippen LogP contribution < -0.4 is 0 Å². The van der Waals surface area contributed by atoms with Crippen LogP contribution in [0.2, 0.25) is 0 Å². The smallest absolute Gasteiger partial charge is 0.335 e. The van der Waals surface area contributed by atoms with Gasteiger partial charge in [-0.3, -0.25) is 0 Å². The van der Waals surface area contributed by atoms with E-state index in [4.69, 9.17) is 9.47 Å². The number of halogens is 1. The van der Waals surface area contributed by atoms with Crippen LogP contribution in [-0.2, 0) is 14.3 Å². The van der Waals surface area contributed by atoms with E-state index in [9.17, 15) is 4.79 Å². The number of carbonyl (C=O) groups is 1. The van der Waals surface area contributed by atoms with Gasteiger partial charge in [-0.15, -0.1) is 0 Å². The number of rotatable bonds is 14. The molecule has 0 spiro atoms. The van der Waals surface area contributed by atoms with E-state index in [1.54, 1.807) is 0 Å². The quantitative estimate of drug-likeness (QED) is 0.188. The number of allylic oxidation sites excluding steroid dienone is 2. The van der Waals surface area contributed by atoms with Crippen LogP contribution in [0.25, 0.3) is 0 Å². The second-order valence-electron chi connectivity index (χ2n) is 5.09. The number of carbonyl (C=O) groups excluding carboxylic acids is 1. The molecule has 0 saturated heterocycles. The van der Waals surface area contributed by atoms with E-state index in [0.717, 1.165) is 56.7 Å². The molecule has 0 amide bonds. The molecule has 0 N–H and O–H groups in total. The molecule has 3 nitrogen and oxygen atoms in total. The maximum atomic E-state index is 11.9. The van der Waals surface area contributed by atoms with E-state index < -0.39 is 0 Å². The molecular formula is C17H31BrO3. The minimum Gasteiger partial charge on any atom is -0.464 e. The van der Waals surface area contributed by atoms with Crippen LogP contribution in [0.3, 0.4) is 0 Å². The topological polar surface area (TPSA) is 35.5 Å². The van der Waals surface area contributed by atoms with Crippen LogP contribution in [0.1, 0.15) is 65.2 Å². The highest BCUT2D eigenvalue weighted by Crippen LogP contribution is 2.08. The maximum absolute atomic E-state index is 11.9. The van der Waals surface area contributed by atoms with Gasteiger partial charge in [-0.1, -0.05) is 48.4 Å². The zero-order chi connectivity index (χ0) is 15.8. The third-order valence-electron chi connectivity index (χ3n) is 3.07. The van der Waals surface area contributed by atoms with Crippen LogP contribution in [0.5, 0.6) is 0 Å². The van der Waals surface area contributed by atoms with Crippen LogP contribution in [0.4, 0.5) is 0 Å². The summed E-state index contributed by atoms with van der Waals surface area (Å²) in [5.74, 6) is -0.197. The molecule has 0 radical (unpaired) electrons. The van der Waals surface area contributed by atoms with Crippen molar-refractivity contribution in [3.8, 4) is 0 Å². The number of esters is 1. The number of alkyl halides is 1. The van der Waals surface area contributed by atoms with Crippen LogP contribution >= 0.6 is 15.9 Å². The summed E-state index contributed by atoms with van der Waals surface area (Å²) in [4.78, 5) is 11.9. The molecule has 0 saturated carbocycles. The Morgan fingerprint density at radius 2 is 1.86 bits per heavy atom. The molecule has 21 heavy (non-hydrogen) atoms. The molecule has 124 valence electrons. The summed E-state index contributed by atoms with van der Waals surface area (Å²) in [5, 5.41) is 0.950. The number of unbranched alkanes of at least 4 members (excludes halogenated alkanes) is 3. The Balaban J connectivity index is 3.78. The molecule has 0 aromatic rings. The molecular weight excluding hydrogens is 332 g/mol. The monoisotopic (exact) mass is 362 g/mol. The summed E-state index contributed by atoms with van der Waals surface area (Å²) >= 11 is 3.36. The SMILES string of the molecule is CC/C=C\CCCCOC(CCC)C(=O)OCCCCBr. The van der Waals surface area contributed by atoms with Gasteiger partial charge in [0, 0.05) is 11.9 Å². The Kier molecular flexibility index (Phi) is 15.8. The Bertz CT molecular complexity index is 267. The first-order valence-corrected chi connectivity index (χ1v) is 9.37. The lowest BCUT2D eigenvalue weighted by Gasteiger charge is -2.16. The molecule has 0 heterocycles. The predicted octanol–water partition coefficient (Wildman–Crippen LogP) is 5.03. The molecule has 0 rings (SSSR count). The predicted molar refractivity (Wildman–Crippen MR) is 91.9 cm³/mol. The van der Waals surface area contributed by atoms with Gasteiger partial charge in [-0.05, 0) is 44.9 Å². The highest BCUT2D eigenvalue weighted by atomic mass is 79.9. The van der Waals surface area contributed by atoms with Gasteiger partial charge >= 0.3 is 5.97 Å². The van der Waals surface area contributed by atoms with Crippen molar-refractivity contribution in [2.24, 2.45) is 0 Å². The lowest BCUT2D eigenvalue weighted by molar-refractivity contribution is -0.158. The Morgan fingerprint density at radius 1 is 1.10 bits per heavy atom. The summed E-state index contributed by atoms with van der Waals surface area (Å²) < 4.78 is 11.0. The van der Waals surface area contributed by atoms with E-state index >= 15 is 0 Å². The third-order valence-corrected chi connectivity index (χ3v) is 3.63. The molecule has 1 atom stereocenters. The fraction of sp³-hybridized carbons (Fsp3) is 0.824. The summed E-state index contributed by atoms with van der Waals surface area (Å²) in [7, 11) is 0. The van der Waals surface area contributed by atoms with E-state index in [1.165, 1.54) is 0 Å². The van der Waals surface area contributed by atoms with Crippen LogP contribution in [-0.4, -0.2) is 30.6 Å². The summed E-state index contributed by atoms with van der Waals surface area (Å²) in [5.41, 5.74) is 0. The molecule has 1 unspecified atom stereocenters. The van der Waals surface area contributed by atoms with Crippen LogP contribution in [0, 0.1) is 0 Å². The van der Waals surface area contributed by atoms with Gasteiger partial charge < -0.3 is 9.47 Å². The largest absolute Gasteiger partial charge is 0.464 e. The zero-order valence-corrected chi connectivity index (χ0v) is 15.2. The second kappa shape index (κ2) is 16.0. The van der Waals surface area contributed by atoms with Crippen molar-refractivity contribution in [2.75, 3.05) is 18.5 Å². The minimum absolute atomic E-state index is 0.197. The van der Waals surface area contributed by atoms with Gasteiger partial charge in [0.25, 0.3) is 0 Å². The molecule has 0 aliphatic rings.